The molecule has 0 aromatic carbocycles. The van der Waals surface area contributed by atoms with Gasteiger partial charge in [0, 0.05) is 12.8 Å². The highest BCUT2D eigenvalue weighted by Gasteiger charge is 2.28. The molecule has 0 aromatic rings. The van der Waals surface area contributed by atoms with Crippen molar-refractivity contribution in [3.8, 4) is 0 Å². The Labute approximate surface area is 297 Å². The number of nitrogens with one attached hydrogen (secondary N) is 1. The molecule has 0 fully saturated rings. The summed E-state index contributed by atoms with van der Waals surface area (Å²) in [6, 6.07) is -1.54. The number of hydrogen-bond donors (Lipinski definition) is 4. The number of amides is 1. The zero-order chi connectivity index (χ0) is 36.4. The van der Waals surface area contributed by atoms with Crippen LogP contribution in [0.3, 0.4) is 0 Å². The van der Waals surface area contributed by atoms with Gasteiger partial charge in [-0.05, 0) is 12.8 Å². The van der Waals surface area contributed by atoms with Gasteiger partial charge in [0.25, 0.3) is 0 Å². The number of phosphoric acid groups is 1. The number of phosphoric ester groups is 1. The van der Waals surface area contributed by atoms with Gasteiger partial charge in [-0.15, -0.1) is 0 Å². The van der Waals surface area contributed by atoms with Crippen molar-refractivity contribution < 1.29 is 47.8 Å². The van der Waals surface area contributed by atoms with E-state index < -0.39 is 57.6 Å². The Morgan fingerprint density at radius 1 is 0.571 bits per heavy atom. The maximum Gasteiger partial charge on any atom is 0.472 e. The van der Waals surface area contributed by atoms with Crippen LogP contribution in [0.2, 0.25) is 0 Å². The van der Waals surface area contributed by atoms with Gasteiger partial charge < -0.3 is 25.2 Å². The second-order valence-corrected chi connectivity index (χ2v) is 14.9. The van der Waals surface area contributed by atoms with Gasteiger partial charge >= 0.3 is 19.8 Å². The van der Waals surface area contributed by atoms with Crippen LogP contribution in [0.5, 0.6) is 0 Å². The number of carbonyl (C=O) groups is 3. The number of aliphatic hydroxyl groups excluding tert-OH is 1. The molecule has 0 spiro atoms. The van der Waals surface area contributed by atoms with Crippen LogP contribution in [-0.2, 0) is 32.7 Å². The van der Waals surface area contributed by atoms with E-state index in [9.17, 15) is 34.1 Å². The lowest BCUT2D eigenvalue weighted by Crippen LogP contribution is -2.43. The number of unbranched alkanes of at least 4 members (excludes halogenated alkanes) is 23. The standard InChI is InChI=1S/C37H72NO10P/c1-3-5-7-9-11-13-14-15-16-17-18-19-20-21-23-25-27-29-36(41)46-30-33(39)31-47-49(44,45)48-32-34(37(42)43)38-35(40)28-26-24-22-12-10-8-6-4-2/h33-34,39H,3-32H2,1-2H3,(H,38,40)(H,42,43)(H,44,45). The number of ether oxygens (including phenoxy) is 1. The largest absolute Gasteiger partial charge is 0.480 e. The average Bonchev–Trinajstić information content (AvgIpc) is 3.07. The molecule has 0 aliphatic heterocycles. The first-order valence-electron chi connectivity index (χ1n) is 19.6. The van der Waals surface area contributed by atoms with Crippen LogP contribution in [-0.4, -0.2) is 64.9 Å². The number of aliphatic hydroxyl groups is 1. The summed E-state index contributed by atoms with van der Waals surface area (Å²) in [5.41, 5.74) is 0. The van der Waals surface area contributed by atoms with Crippen LogP contribution in [0.25, 0.3) is 0 Å². The van der Waals surface area contributed by atoms with Crippen molar-refractivity contribution >= 4 is 25.7 Å². The van der Waals surface area contributed by atoms with Gasteiger partial charge in [-0.3, -0.25) is 18.6 Å². The number of carboxylic acid groups (broad SMARTS) is 1. The first-order chi connectivity index (χ1) is 23.6. The number of hydrogen-bond acceptors (Lipinski definition) is 8. The third kappa shape index (κ3) is 33.4. The van der Waals surface area contributed by atoms with Crippen LogP contribution in [0.15, 0.2) is 0 Å². The third-order valence-electron chi connectivity index (χ3n) is 8.65. The minimum absolute atomic E-state index is 0.149. The van der Waals surface area contributed by atoms with Crippen molar-refractivity contribution in [2.75, 3.05) is 19.8 Å². The van der Waals surface area contributed by atoms with E-state index in [1.165, 1.54) is 109 Å². The smallest absolute Gasteiger partial charge is 0.472 e. The summed E-state index contributed by atoms with van der Waals surface area (Å²) in [7, 11) is -4.74. The summed E-state index contributed by atoms with van der Waals surface area (Å²) < 4.78 is 26.7. The second kappa shape index (κ2) is 33.6. The molecule has 3 atom stereocenters. The molecule has 0 heterocycles. The molecule has 0 aliphatic rings. The molecule has 0 aliphatic carbocycles. The van der Waals surface area contributed by atoms with Gasteiger partial charge in [-0.1, -0.05) is 162 Å². The van der Waals surface area contributed by atoms with Crippen LogP contribution < -0.4 is 5.32 Å². The summed E-state index contributed by atoms with van der Waals surface area (Å²) in [6.07, 6.45) is 28.7. The SMILES string of the molecule is CCCCCCCCCCCCCCCCCCCC(=O)OCC(O)COP(=O)(O)OCC(NC(=O)CCCCCCCCCC)C(=O)O. The predicted molar refractivity (Wildman–Crippen MR) is 194 cm³/mol. The second-order valence-electron chi connectivity index (χ2n) is 13.5. The number of aliphatic carboxylic acids is 1. The van der Waals surface area contributed by atoms with E-state index in [1.54, 1.807) is 0 Å². The summed E-state index contributed by atoms with van der Waals surface area (Å²) in [5, 5.41) is 21.7. The first kappa shape index (κ1) is 47.5. The average molecular weight is 722 g/mol. The molecule has 0 aromatic heterocycles. The molecule has 12 heteroatoms. The van der Waals surface area contributed by atoms with Gasteiger partial charge in [0.05, 0.1) is 13.2 Å². The molecular formula is C37H72NO10P. The van der Waals surface area contributed by atoms with E-state index >= 15 is 0 Å². The minimum atomic E-state index is -4.74. The van der Waals surface area contributed by atoms with Crippen molar-refractivity contribution in [2.45, 2.75) is 199 Å². The molecule has 4 N–H and O–H groups in total. The van der Waals surface area contributed by atoms with Crippen molar-refractivity contribution in [2.24, 2.45) is 0 Å². The van der Waals surface area contributed by atoms with Crippen molar-refractivity contribution in [3.05, 3.63) is 0 Å². The van der Waals surface area contributed by atoms with Gasteiger partial charge in [0.2, 0.25) is 5.91 Å². The van der Waals surface area contributed by atoms with Crippen LogP contribution in [0.1, 0.15) is 187 Å². The molecule has 0 saturated carbocycles. The molecule has 290 valence electrons. The first-order valence-corrected chi connectivity index (χ1v) is 21.1. The number of carbonyl (C=O) groups excluding carboxylic acids is 2. The maximum atomic E-state index is 12.2. The number of esters is 1. The number of rotatable bonds is 37. The van der Waals surface area contributed by atoms with E-state index in [4.69, 9.17) is 13.8 Å². The predicted octanol–water partition coefficient (Wildman–Crippen LogP) is 9.17. The third-order valence-corrected chi connectivity index (χ3v) is 9.60. The lowest BCUT2D eigenvalue weighted by Gasteiger charge is -2.18. The molecule has 49 heavy (non-hydrogen) atoms. The zero-order valence-corrected chi connectivity index (χ0v) is 31.9. The Morgan fingerprint density at radius 3 is 1.35 bits per heavy atom. The van der Waals surface area contributed by atoms with E-state index in [2.05, 4.69) is 19.2 Å². The Bertz CT molecular complexity index is 859. The number of carboxylic acids is 1. The Kier molecular flexibility index (Phi) is 32.6. The fourth-order valence-electron chi connectivity index (χ4n) is 5.55. The quantitative estimate of drug-likeness (QED) is 0.0276. The monoisotopic (exact) mass is 721 g/mol. The van der Waals surface area contributed by atoms with E-state index in [-0.39, 0.29) is 12.8 Å². The van der Waals surface area contributed by atoms with E-state index in [0.29, 0.717) is 12.8 Å². The van der Waals surface area contributed by atoms with Crippen molar-refractivity contribution in [1.82, 2.24) is 5.32 Å². The molecule has 11 nitrogen and oxygen atoms in total. The minimum Gasteiger partial charge on any atom is -0.480 e. The molecular weight excluding hydrogens is 649 g/mol. The lowest BCUT2D eigenvalue weighted by molar-refractivity contribution is -0.147. The normalized spacial score (nSPS) is 13.9. The topological polar surface area (TPSA) is 169 Å². The van der Waals surface area contributed by atoms with Crippen LogP contribution >= 0.6 is 7.82 Å². The van der Waals surface area contributed by atoms with Gasteiger partial charge in [-0.2, -0.15) is 0 Å². The molecule has 0 bridgehead atoms. The Hall–Kier alpha value is -1.52. The molecule has 3 unspecified atom stereocenters. The zero-order valence-electron chi connectivity index (χ0n) is 31.0. The van der Waals surface area contributed by atoms with Crippen LogP contribution in [0.4, 0.5) is 0 Å². The summed E-state index contributed by atoms with van der Waals surface area (Å²) in [4.78, 5) is 45.5. The molecule has 0 saturated heterocycles. The highest BCUT2D eigenvalue weighted by Crippen LogP contribution is 2.43. The van der Waals surface area contributed by atoms with Crippen molar-refractivity contribution in [3.63, 3.8) is 0 Å². The molecule has 0 radical (unpaired) electrons. The highest BCUT2D eigenvalue weighted by molar-refractivity contribution is 7.47. The summed E-state index contributed by atoms with van der Waals surface area (Å²) in [5.74, 6) is -2.37. The van der Waals surface area contributed by atoms with Gasteiger partial charge in [0.1, 0.15) is 12.7 Å². The van der Waals surface area contributed by atoms with E-state index in [1.807, 2.05) is 0 Å². The van der Waals surface area contributed by atoms with Gasteiger partial charge in [-0.25, -0.2) is 9.36 Å². The van der Waals surface area contributed by atoms with E-state index in [0.717, 1.165) is 38.5 Å². The Balaban J connectivity index is 3.85. The lowest BCUT2D eigenvalue weighted by atomic mass is 10.0. The highest BCUT2D eigenvalue weighted by atomic mass is 31.2. The fraction of sp³-hybridized carbons (Fsp3) is 0.919. The van der Waals surface area contributed by atoms with Gasteiger partial charge in [0.15, 0.2) is 6.04 Å². The Morgan fingerprint density at radius 2 is 0.939 bits per heavy atom. The molecule has 0 rings (SSSR count). The fourth-order valence-corrected chi connectivity index (χ4v) is 6.32. The summed E-state index contributed by atoms with van der Waals surface area (Å²) in [6.45, 7) is 2.55. The van der Waals surface area contributed by atoms with Crippen molar-refractivity contribution in [1.29, 1.82) is 0 Å². The molecule has 1 amide bonds. The maximum absolute atomic E-state index is 12.2. The van der Waals surface area contributed by atoms with Crippen LogP contribution in [0, 0.1) is 0 Å². The summed E-state index contributed by atoms with van der Waals surface area (Å²) >= 11 is 0.